The average molecular weight is 438 g/mol. The number of fused-ring (bicyclic) bond motifs is 2. The van der Waals surface area contributed by atoms with Gasteiger partial charge in [0.15, 0.2) is 12.6 Å². The van der Waals surface area contributed by atoms with Gasteiger partial charge in [0.1, 0.15) is 17.5 Å². The normalized spacial score (nSPS) is 30.7. The number of carbonyl (C=O) groups excluding carboxylic acids is 1. The van der Waals surface area contributed by atoms with Crippen molar-refractivity contribution in [1.29, 1.82) is 0 Å². The molecule has 1 aromatic carbocycles. The number of nitrogens with zero attached hydrogens (tertiary/aromatic N) is 1. The first-order chi connectivity index (χ1) is 14.2. The molecule has 3 atom stereocenters. The molecule has 0 aromatic heterocycles. The van der Waals surface area contributed by atoms with Gasteiger partial charge in [-0.05, 0) is 57.7 Å². The molecule has 0 unspecified atom stereocenters. The molecule has 7 heteroatoms. The summed E-state index contributed by atoms with van der Waals surface area (Å²) < 4.78 is 23.0. The minimum atomic E-state index is -0.438. The Balaban J connectivity index is 1.34. The second-order valence-electron chi connectivity index (χ2n) is 9.22. The summed E-state index contributed by atoms with van der Waals surface area (Å²) >= 11 is 6.49. The summed E-state index contributed by atoms with van der Waals surface area (Å²) in [5, 5.41) is 0.596. The maximum absolute atomic E-state index is 12.7. The molecule has 3 fully saturated rings. The highest BCUT2D eigenvalue weighted by Gasteiger charge is 2.45. The number of ether oxygens (including phenoxy) is 4. The topological polar surface area (TPSA) is 57.2 Å². The maximum Gasteiger partial charge on any atom is 0.410 e. The lowest BCUT2D eigenvalue weighted by atomic mass is 10.00. The summed E-state index contributed by atoms with van der Waals surface area (Å²) in [5.74, 6) is 0.691. The molecule has 3 heterocycles. The number of halogens is 1. The fourth-order valence-electron chi connectivity index (χ4n) is 4.56. The molecular weight excluding hydrogens is 406 g/mol. The molecule has 1 amide bonds. The van der Waals surface area contributed by atoms with E-state index in [0.717, 1.165) is 37.7 Å². The first kappa shape index (κ1) is 21.7. The summed E-state index contributed by atoms with van der Waals surface area (Å²) in [6.45, 7) is 7.82. The van der Waals surface area contributed by atoms with Crippen LogP contribution >= 0.6 is 11.6 Å². The standard InChI is InChI=1S/C23H32ClNO5/c1-5-23(3,4)30-22(26)25-16-7-8-17(25)13-18(12-16)29-20-9-6-15(10-19(20)24)11-21-27-14(2)28-21/h6,9-10,14,16-18,21H,5,7-8,11-13H2,1-4H3/t14?,16-,17+,18+,21?. The zero-order valence-electron chi connectivity index (χ0n) is 18.2. The Labute approximate surface area is 183 Å². The van der Waals surface area contributed by atoms with Crippen molar-refractivity contribution in [1.82, 2.24) is 4.90 Å². The quantitative estimate of drug-likeness (QED) is 0.604. The molecule has 0 saturated carbocycles. The second-order valence-corrected chi connectivity index (χ2v) is 9.63. The predicted octanol–water partition coefficient (Wildman–Crippen LogP) is 5.30. The second kappa shape index (κ2) is 8.56. The molecule has 4 rings (SSSR count). The Hall–Kier alpha value is -1.50. The number of amides is 1. The van der Waals surface area contributed by atoms with Gasteiger partial charge in [0.2, 0.25) is 0 Å². The molecule has 0 radical (unpaired) electrons. The largest absolute Gasteiger partial charge is 0.489 e. The highest BCUT2D eigenvalue weighted by molar-refractivity contribution is 6.32. The van der Waals surface area contributed by atoms with Gasteiger partial charge in [-0.1, -0.05) is 24.6 Å². The molecule has 3 aliphatic heterocycles. The summed E-state index contributed by atoms with van der Waals surface area (Å²) in [6, 6.07) is 6.18. The van der Waals surface area contributed by atoms with E-state index in [1.807, 2.05) is 50.8 Å². The lowest BCUT2D eigenvalue weighted by molar-refractivity contribution is -0.374. The van der Waals surface area contributed by atoms with Crippen LogP contribution in [-0.2, 0) is 20.6 Å². The van der Waals surface area contributed by atoms with Crippen molar-refractivity contribution in [3.8, 4) is 5.75 Å². The molecule has 0 aliphatic carbocycles. The van der Waals surface area contributed by atoms with E-state index >= 15 is 0 Å². The van der Waals surface area contributed by atoms with E-state index < -0.39 is 5.60 Å². The van der Waals surface area contributed by atoms with Crippen LogP contribution in [0.25, 0.3) is 0 Å². The number of carbonyl (C=O) groups is 1. The van der Waals surface area contributed by atoms with Crippen molar-refractivity contribution in [2.24, 2.45) is 0 Å². The Kier molecular flexibility index (Phi) is 6.20. The molecule has 2 bridgehead atoms. The number of piperidine rings is 1. The van der Waals surface area contributed by atoms with Gasteiger partial charge in [0, 0.05) is 31.3 Å². The van der Waals surface area contributed by atoms with Crippen molar-refractivity contribution >= 4 is 17.7 Å². The van der Waals surface area contributed by atoms with Crippen molar-refractivity contribution in [2.75, 3.05) is 0 Å². The highest BCUT2D eigenvalue weighted by atomic mass is 35.5. The van der Waals surface area contributed by atoms with Crippen LogP contribution in [0.2, 0.25) is 5.02 Å². The Morgan fingerprint density at radius 2 is 1.90 bits per heavy atom. The average Bonchev–Trinajstić information content (AvgIpc) is 2.93. The van der Waals surface area contributed by atoms with E-state index in [1.165, 1.54) is 0 Å². The van der Waals surface area contributed by atoms with E-state index in [2.05, 4.69) is 0 Å². The van der Waals surface area contributed by atoms with Gasteiger partial charge in [-0.25, -0.2) is 4.79 Å². The first-order valence-corrected chi connectivity index (χ1v) is 11.4. The molecule has 30 heavy (non-hydrogen) atoms. The smallest absolute Gasteiger partial charge is 0.410 e. The van der Waals surface area contributed by atoms with Crippen LogP contribution in [0.15, 0.2) is 18.2 Å². The molecule has 0 spiro atoms. The van der Waals surface area contributed by atoms with E-state index in [9.17, 15) is 4.79 Å². The SMILES string of the molecule is CCC(C)(C)OC(=O)N1[C@@H]2CC[C@H]1C[C@@H](Oc1ccc(CC3OC(C)O3)cc1Cl)C2. The number of rotatable bonds is 6. The molecule has 6 nitrogen and oxygen atoms in total. The highest BCUT2D eigenvalue weighted by Crippen LogP contribution is 2.39. The zero-order chi connectivity index (χ0) is 21.5. The third-order valence-corrected chi connectivity index (χ3v) is 6.79. The van der Waals surface area contributed by atoms with Crippen molar-refractivity contribution in [3.63, 3.8) is 0 Å². The third kappa shape index (κ3) is 4.71. The zero-order valence-corrected chi connectivity index (χ0v) is 19.0. The number of hydrogen-bond acceptors (Lipinski definition) is 5. The minimum absolute atomic E-state index is 0.0493. The molecule has 3 saturated heterocycles. The molecular formula is C23H32ClNO5. The van der Waals surface area contributed by atoms with Gasteiger partial charge in [-0.15, -0.1) is 0 Å². The van der Waals surface area contributed by atoms with Crippen LogP contribution in [0, 0.1) is 0 Å². The minimum Gasteiger partial charge on any atom is -0.489 e. The van der Waals surface area contributed by atoms with Crippen LogP contribution in [0.1, 0.15) is 65.4 Å². The van der Waals surface area contributed by atoms with Gasteiger partial charge < -0.3 is 23.8 Å². The summed E-state index contributed by atoms with van der Waals surface area (Å²) in [5.41, 5.74) is 0.618. The lowest BCUT2D eigenvalue weighted by Crippen LogP contribution is -2.51. The van der Waals surface area contributed by atoms with Gasteiger partial charge in [0.05, 0.1) is 5.02 Å². The fraction of sp³-hybridized carbons (Fsp3) is 0.696. The summed E-state index contributed by atoms with van der Waals surface area (Å²) in [4.78, 5) is 14.7. The summed E-state index contributed by atoms with van der Waals surface area (Å²) in [6.07, 6.45) is 4.61. The number of benzene rings is 1. The van der Waals surface area contributed by atoms with E-state index in [-0.39, 0.29) is 36.9 Å². The lowest BCUT2D eigenvalue weighted by Gasteiger charge is -2.39. The molecule has 3 aliphatic rings. The van der Waals surface area contributed by atoms with E-state index in [4.69, 9.17) is 30.5 Å². The maximum atomic E-state index is 12.7. The van der Waals surface area contributed by atoms with Crippen LogP contribution in [0.4, 0.5) is 4.79 Å². The fourth-order valence-corrected chi connectivity index (χ4v) is 4.80. The Morgan fingerprint density at radius 3 is 2.47 bits per heavy atom. The monoisotopic (exact) mass is 437 g/mol. The van der Waals surface area contributed by atoms with E-state index in [0.29, 0.717) is 17.2 Å². The molecule has 0 N–H and O–H groups in total. The van der Waals surface area contributed by atoms with E-state index in [1.54, 1.807) is 0 Å². The summed E-state index contributed by atoms with van der Waals surface area (Å²) in [7, 11) is 0. The Bertz CT molecular complexity index is 765. The van der Waals surface area contributed by atoms with Gasteiger partial charge in [-0.3, -0.25) is 0 Å². The van der Waals surface area contributed by atoms with Gasteiger partial charge >= 0.3 is 6.09 Å². The van der Waals surface area contributed by atoms with Gasteiger partial charge in [0.25, 0.3) is 0 Å². The predicted molar refractivity (Wildman–Crippen MR) is 114 cm³/mol. The third-order valence-electron chi connectivity index (χ3n) is 6.49. The first-order valence-electron chi connectivity index (χ1n) is 11.0. The van der Waals surface area contributed by atoms with Gasteiger partial charge in [-0.2, -0.15) is 0 Å². The molecule has 166 valence electrons. The van der Waals surface area contributed by atoms with Crippen molar-refractivity contribution in [3.05, 3.63) is 28.8 Å². The van der Waals surface area contributed by atoms with Crippen molar-refractivity contribution in [2.45, 2.75) is 103 Å². The van der Waals surface area contributed by atoms with Crippen LogP contribution in [0.3, 0.4) is 0 Å². The van der Waals surface area contributed by atoms with Crippen LogP contribution < -0.4 is 4.74 Å². The van der Waals surface area contributed by atoms with Crippen LogP contribution in [0.5, 0.6) is 5.75 Å². The number of hydrogen-bond donors (Lipinski definition) is 0. The van der Waals surface area contributed by atoms with Crippen molar-refractivity contribution < 1.29 is 23.7 Å². The Morgan fingerprint density at radius 1 is 1.23 bits per heavy atom. The van der Waals surface area contributed by atoms with Crippen LogP contribution in [-0.4, -0.2) is 47.4 Å². The molecule has 1 aromatic rings.